The van der Waals surface area contributed by atoms with Gasteiger partial charge in [0.25, 0.3) is 0 Å². The van der Waals surface area contributed by atoms with Crippen LogP contribution in [0.3, 0.4) is 0 Å². The third-order valence-electron chi connectivity index (χ3n) is 2.81. The van der Waals surface area contributed by atoms with Gasteiger partial charge >= 0.3 is 0 Å². The Bertz CT molecular complexity index is 540. The molecule has 0 aliphatic carbocycles. The van der Waals surface area contributed by atoms with Gasteiger partial charge in [-0.2, -0.15) is 0 Å². The maximum absolute atomic E-state index is 8.30. The minimum atomic E-state index is 0.486. The van der Waals surface area contributed by atoms with Gasteiger partial charge in [-0.05, 0) is 28.7 Å². The van der Waals surface area contributed by atoms with Crippen molar-refractivity contribution < 1.29 is 0 Å². The fourth-order valence-corrected chi connectivity index (χ4v) is 1.95. The maximum atomic E-state index is 8.30. The Hall–Kier alpha value is -2.51. The van der Waals surface area contributed by atoms with E-state index in [-0.39, 0.29) is 0 Å². The minimum absolute atomic E-state index is 0.486. The lowest BCUT2D eigenvalue weighted by molar-refractivity contribution is 0.993. The van der Waals surface area contributed by atoms with Crippen LogP contribution < -0.4 is 0 Å². The Labute approximate surface area is 112 Å². The first-order valence-electron chi connectivity index (χ1n) is 6.23. The Morgan fingerprint density at radius 2 is 1.47 bits per heavy atom. The summed E-state index contributed by atoms with van der Waals surface area (Å²) in [6, 6.07) is 20.5. The lowest BCUT2D eigenvalue weighted by Crippen LogP contribution is -1.88. The predicted molar refractivity (Wildman–Crippen MR) is 78.6 cm³/mol. The molecule has 3 heteroatoms. The third-order valence-corrected chi connectivity index (χ3v) is 2.81. The van der Waals surface area contributed by atoms with Gasteiger partial charge in [0.2, 0.25) is 0 Å². The van der Waals surface area contributed by atoms with Crippen LogP contribution in [-0.4, -0.2) is 6.54 Å². The fourth-order valence-electron chi connectivity index (χ4n) is 1.95. The van der Waals surface area contributed by atoms with Crippen LogP contribution in [0, 0.1) is 0 Å². The molecule has 0 radical (unpaired) electrons. The zero-order chi connectivity index (χ0) is 13.3. The Morgan fingerprint density at radius 3 is 1.95 bits per heavy atom. The van der Waals surface area contributed by atoms with Crippen LogP contribution >= 0.6 is 0 Å². The molecule has 0 saturated heterocycles. The van der Waals surface area contributed by atoms with Crippen LogP contribution in [0.4, 0.5) is 0 Å². The SMILES string of the molecule is [N-]=[N+]=NCCC=C(c1ccccc1)c1ccccc1. The molecule has 0 aromatic heterocycles. The van der Waals surface area contributed by atoms with E-state index in [0.717, 1.165) is 6.42 Å². The average Bonchev–Trinajstić information content (AvgIpc) is 2.49. The Kier molecular flexibility index (Phi) is 4.79. The molecule has 94 valence electrons. The van der Waals surface area contributed by atoms with E-state index in [1.54, 1.807) is 0 Å². The first-order chi connectivity index (χ1) is 9.42. The Balaban J connectivity index is 2.31. The molecule has 0 fully saturated rings. The molecule has 0 atom stereocenters. The highest BCUT2D eigenvalue weighted by Crippen LogP contribution is 2.23. The van der Waals surface area contributed by atoms with Gasteiger partial charge in [-0.15, -0.1) is 0 Å². The van der Waals surface area contributed by atoms with Crippen LogP contribution in [0.5, 0.6) is 0 Å². The summed E-state index contributed by atoms with van der Waals surface area (Å²) in [6.45, 7) is 0.486. The zero-order valence-corrected chi connectivity index (χ0v) is 10.6. The highest BCUT2D eigenvalue weighted by atomic mass is 15.1. The van der Waals surface area contributed by atoms with Crippen molar-refractivity contribution in [2.24, 2.45) is 5.11 Å². The van der Waals surface area contributed by atoms with Gasteiger partial charge in [0.1, 0.15) is 0 Å². The van der Waals surface area contributed by atoms with Gasteiger partial charge in [0, 0.05) is 11.5 Å². The van der Waals surface area contributed by atoms with Crippen LogP contribution in [0.2, 0.25) is 0 Å². The highest BCUT2D eigenvalue weighted by molar-refractivity contribution is 5.79. The zero-order valence-electron chi connectivity index (χ0n) is 10.6. The molecule has 0 aliphatic rings. The van der Waals surface area contributed by atoms with E-state index in [0.29, 0.717) is 6.54 Å². The van der Waals surface area contributed by atoms with E-state index in [1.165, 1.54) is 16.7 Å². The molecular formula is C16H15N3. The van der Waals surface area contributed by atoms with Crippen molar-refractivity contribution in [2.45, 2.75) is 6.42 Å². The third kappa shape index (κ3) is 3.73. The summed E-state index contributed by atoms with van der Waals surface area (Å²) in [4.78, 5) is 2.77. The van der Waals surface area contributed by atoms with Crippen molar-refractivity contribution in [2.75, 3.05) is 6.54 Å². The molecular weight excluding hydrogens is 234 g/mol. The average molecular weight is 249 g/mol. The first kappa shape index (κ1) is 12.9. The van der Waals surface area contributed by atoms with Gasteiger partial charge < -0.3 is 0 Å². The second-order valence-electron chi connectivity index (χ2n) is 4.09. The molecule has 2 aromatic rings. The smallest absolute Gasteiger partial charge is 0.0292 e. The number of rotatable bonds is 5. The van der Waals surface area contributed by atoms with E-state index in [1.807, 2.05) is 36.4 Å². The van der Waals surface area contributed by atoms with Crippen LogP contribution in [0.25, 0.3) is 16.0 Å². The fraction of sp³-hybridized carbons (Fsp3) is 0.125. The number of hydrogen-bond donors (Lipinski definition) is 0. The topological polar surface area (TPSA) is 48.8 Å². The molecule has 0 aliphatic heterocycles. The standard InChI is InChI=1S/C16H15N3/c17-19-18-13-7-12-16(14-8-3-1-4-9-14)15-10-5-2-6-11-15/h1-6,8-12H,7,13H2. The molecule has 0 bridgehead atoms. The van der Waals surface area contributed by atoms with Crippen molar-refractivity contribution in [1.82, 2.24) is 0 Å². The van der Waals surface area contributed by atoms with E-state index in [2.05, 4.69) is 40.4 Å². The first-order valence-corrected chi connectivity index (χ1v) is 6.23. The predicted octanol–water partition coefficient (Wildman–Crippen LogP) is 4.82. The van der Waals surface area contributed by atoms with Gasteiger partial charge in [-0.25, -0.2) is 0 Å². The lowest BCUT2D eigenvalue weighted by atomic mass is 9.97. The van der Waals surface area contributed by atoms with Gasteiger partial charge in [-0.1, -0.05) is 71.9 Å². The molecule has 0 spiro atoms. The number of azide groups is 1. The normalized spacial score (nSPS) is 9.47. The Morgan fingerprint density at radius 1 is 0.947 bits per heavy atom. The van der Waals surface area contributed by atoms with Crippen molar-refractivity contribution >= 4 is 5.57 Å². The van der Waals surface area contributed by atoms with Gasteiger partial charge in [0.15, 0.2) is 0 Å². The van der Waals surface area contributed by atoms with Crippen LogP contribution in [-0.2, 0) is 0 Å². The molecule has 0 N–H and O–H groups in total. The summed E-state index contributed by atoms with van der Waals surface area (Å²) in [7, 11) is 0. The van der Waals surface area contributed by atoms with Gasteiger partial charge in [0.05, 0.1) is 0 Å². The maximum Gasteiger partial charge on any atom is 0.0292 e. The summed E-state index contributed by atoms with van der Waals surface area (Å²) < 4.78 is 0. The molecule has 2 rings (SSSR count). The number of hydrogen-bond acceptors (Lipinski definition) is 1. The van der Waals surface area contributed by atoms with Crippen molar-refractivity contribution in [3.63, 3.8) is 0 Å². The molecule has 0 saturated carbocycles. The van der Waals surface area contributed by atoms with Crippen molar-refractivity contribution in [1.29, 1.82) is 0 Å². The quantitative estimate of drug-likeness (QED) is 0.316. The molecule has 2 aromatic carbocycles. The summed E-state index contributed by atoms with van der Waals surface area (Å²) in [5, 5.41) is 3.57. The lowest BCUT2D eigenvalue weighted by Gasteiger charge is -2.08. The largest absolute Gasteiger partial charge is 0.0937 e. The van der Waals surface area contributed by atoms with Crippen LogP contribution in [0.15, 0.2) is 71.9 Å². The summed E-state index contributed by atoms with van der Waals surface area (Å²) >= 11 is 0. The van der Waals surface area contributed by atoms with Gasteiger partial charge in [-0.3, -0.25) is 0 Å². The van der Waals surface area contributed by atoms with Crippen molar-refractivity contribution in [3.05, 3.63) is 88.3 Å². The summed E-state index contributed by atoms with van der Waals surface area (Å²) in [5.74, 6) is 0. The van der Waals surface area contributed by atoms with E-state index >= 15 is 0 Å². The van der Waals surface area contributed by atoms with E-state index < -0.39 is 0 Å². The molecule has 19 heavy (non-hydrogen) atoms. The molecule has 0 unspecified atom stereocenters. The van der Waals surface area contributed by atoms with Crippen LogP contribution in [0.1, 0.15) is 17.5 Å². The van der Waals surface area contributed by atoms with E-state index in [4.69, 9.17) is 5.53 Å². The molecule has 0 heterocycles. The second kappa shape index (κ2) is 7.04. The monoisotopic (exact) mass is 249 g/mol. The molecule has 0 amide bonds. The van der Waals surface area contributed by atoms with Crippen molar-refractivity contribution in [3.8, 4) is 0 Å². The second-order valence-corrected chi connectivity index (χ2v) is 4.09. The highest BCUT2D eigenvalue weighted by Gasteiger charge is 2.03. The number of benzene rings is 2. The minimum Gasteiger partial charge on any atom is -0.0937 e. The molecule has 3 nitrogen and oxygen atoms in total. The van der Waals surface area contributed by atoms with E-state index in [9.17, 15) is 0 Å². The summed E-state index contributed by atoms with van der Waals surface area (Å²) in [6.07, 6.45) is 2.86. The summed E-state index contributed by atoms with van der Waals surface area (Å²) in [5.41, 5.74) is 11.8. The number of nitrogens with zero attached hydrogens (tertiary/aromatic N) is 3.